The maximum Gasteiger partial charge on any atom is 0.179 e. The highest BCUT2D eigenvalue weighted by atomic mass is 79.9. The summed E-state index contributed by atoms with van der Waals surface area (Å²) in [6.45, 7) is 2.48. The lowest BCUT2D eigenvalue weighted by molar-refractivity contribution is 0.311. The topological polar surface area (TPSA) is 18.5 Å². The minimum absolute atomic E-state index is 0.573. The monoisotopic (exact) mass is 278 g/mol. The largest absolute Gasteiger partial charge is 0.493 e. The van der Waals surface area contributed by atoms with Crippen LogP contribution in [-0.2, 0) is 5.33 Å². The van der Waals surface area contributed by atoms with E-state index in [-0.39, 0.29) is 0 Å². The third-order valence-electron chi connectivity index (χ3n) is 1.73. The molecule has 0 aromatic heterocycles. The molecule has 0 amide bonds. The van der Waals surface area contributed by atoms with Gasteiger partial charge in [-0.1, -0.05) is 27.5 Å². The van der Waals surface area contributed by atoms with Gasteiger partial charge in [0.1, 0.15) is 0 Å². The fourth-order valence-electron chi connectivity index (χ4n) is 1.13. The van der Waals surface area contributed by atoms with Crippen molar-refractivity contribution in [3.05, 3.63) is 22.7 Å². The summed E-state index contributed by atoms with van der Waals surface area (Å²) in [6, 6.07) is 3.77. The third kappa shape index (κ3) is 2.55. The van der Waals surface area contributed by atoms with E-state index in [9.17, 15) is 0 Å². The van der Waals surface area contributed by atoms with Crippen molar-refractivity contribution in [2.45, 2.75) is 12.3 Å². The second-order valence-electron chi connectivity index (χ2n) is 2.68. The molecule has 14 heavy (non-hydrogen) atoms. The Balaban J connectivity index is 3.13. The van der Waals surface area contributed by atoms with Gasteiger partial charge in [-0.2, -0.15) is 0 Å². The summed E-state index contributed by atoms with van der Waals surface area (Å²) in [7, 11) is 1.60. The third-order valence-corrected chi connectivity index (χ3v) is 2.66. The van der Waals surface area contributed by atoms with E-state index in [1.807, 2.05) is 19.1 Å². The van der Waals surface area contributed by atoms with Crippen LogP contribution in [0.3, 0.4) is 0 Å². The molecule has 0 heterocycles. The molecule has 0 fully saturated rings. The molecule has 0 bridgehead atoms. The van der Waals surface area contributed by atoms with Crippen LogP contribution < -0.4 is 9.47 Å². The molecule has 2 nitrogen and oxygen atoms in total. The van der Waals surface area contributed by atoms with Crippen LogP contribution in [-0.4, -0.2) is 13.7 Å². The molecule has 1 aromatic carbocycles. The minimum Gasteiger partial charge on any atom is -0.493 e. The summed E-state index contributed by atoms with van der Waals surface area (Å²) in [5, 5.41) is 1.33. The molecule has 0 N–H and O–H groups in total. The second-order valence-corrected chi connectivity index (χ2v) is 3.64. The molecule has 0 saturated carbocycles. The molecule has 78 valence electrons. The number of halogens is 2. The summed E-state index contributed by atoms with van der Waals surface area (Å²) in [5.74, 6) is 1.29. The lowest BCUT2D eigenvalue weighted by atomic mass is 10.2. The van der Waals surface area contributed by atoms with Crippen molar-refractivity contribution in [1.82, 2.24) is 0 Å². The van der Waals surface area contributed by atoms with E-state index in [1.165, 1.54) is 0 Å². The van der Waals surface area contributed by atoms with Crippen LogP contribution in [0.15, 0.2) is 12.1 Å². The number of methoxy groups -OCH3 is 1. The molecule has 1 rings (SSSR count). The average Bonchev–Trinajstić information content (AvgIpc) is 2.20. The Hall–Kier alpha value is -0.410. The van der Waals surface area contributed by atoms with E-state index >= 15 is 0 Å². The fourth-order valence-corrected chi connectivity index (χ4v) is 1.75. The first kappa shape index (κ1) is 11.7. The first-order chi connectivity index (χ1) is 6.72. The van der Waals surface area contributed by atoms with E-state index in [0.717, 1.165) is 10.9 Å². The Labute approximate surface area is 97.3 Å². The summed E-state index contributed by atoms with van der Waals surface area (Å²) < 4.78 is 10.6. The number of ether oxygens (including phenoxy) is 2. The van der Waals surface area contributed by atoms with E-state index in [0.29, 0.717) is 23.1 Å². The summed E-state index contributed by atoms with van der Waals surface area (Å²) >= 11 is 9.41. The van der Waals surface area contributed by atoms with Crippen molar-refractivity contribution in [2.24, 2.45) is 0 Å². The molecular weight excluding hydrogens is 267 g/mol. The van der Waals surface area contributed by atoms with Gasteiger partial charge in [-0.25, -0.2) is 0 Å². The SMILES string of the molecule is CCOc1c(Cl)cc(CBr)cc1OC. The molecule has 0 spiro atoms. The normalized spacial score (nSPS) is 10.0. The quantitative estimate of drug-likeness (QED) is 0.783. The zero-order chi connectivity index (χ0) is 10.6. The van der Waals surface area contributed by atoms with Gasteiger partial charge >= 0.3 is 0 Å². The summed E-state index contributed by atoms with van der Waals surface area (Å²) in [6.07, 6.45) is 0. The Bertz CT molecular complexity index is 315. The van der Waals surface area contributed by atoms with Crippen LogP contribution in [0.25, 0.3) is 0 Å². The highest BCUT2D eigenvalue weighted by Gasteiger charge is 2.10. The zero-order valence-electron chi connectivity index (χ0n) is 8.14. The number of alkyl halides is 1. The Morgan fingerprint density at radius 3 is 2.64 bits per heavy atom. The van der Waals surface area contributed by atoms with Gasteiger partial charge in [0, 0.05) is 5.33 Å². The zero-order valence-corrected chi connectivity index (χ0v) is 10.5. The molecule has 0 aliphatic carbocycles. The molecule has 0 unspecified atom stereocenters. The number of rotatable bonds is 4. The number of benzene rings is 1. The molecule has 0 saturated heterocycles. The van der Waals surface area contributed by atoms with Crippen molar-refractivity contribution in [3.63, 3.8) is 0 Å². The molecule has 0 atom stereocenters. The van der Waals surface area contributed by atoms with Crippen molar-refractivity contribution in [2.75, 3.05) is 13.7 Å². The van der Waals surface area contributed by atoms with Crippen LogP contribution >= 0.6 is 27.5 Å². The molecule has 1 aromatic rings. The first-order valence-electron chi connectivity index (χ1n) is 4.28. The minimum atomic E-state index is 0.573. The molecule has 4 heteroatoms. The van der Waals surface area contributed by atoms with Crippen molar-refractivity contribution in [1.29, 1.82) is 0 Å². The van der Waals surface area contributed by atoms with Gasteiger partial charge in [0.25, 0.3) is 0 Å². The first-order valence-corrected chi connectivity index (χ1v) is 5.78. The van der Waals surface area contributed by atoms with Gasteiger partial charge in [0.15, 0.2) is 11.5 Å². The lowest BCUT2D eigenvalue weighted by Gasteiger charge is -2.12. The molecule has 0 radical (unpaired) electrons. The van der Waals surface area contributed by atoms with Crippen LogP contribution in [0, 0.1) is 0 Å². The summed E-state index contributed by atoms with van der Waals surface area (Å²) in [4.78, 5) is 0. The highest BCUT2D eigenvalue weighted by Crippen LogP contribution is 2.36. The maximum absolute atomic E-state index is 6.05. The van der Waals surface area contributed by atoms with Crippen molar-refractivity contribution >= 4 is 27.5 Å². The van der Waals surface area contributed by atoms with Gasteiger partial charge < -0.3 is 9.47 Å². The van der Waals surface area contributed by atoms with E-state index in [2.05, 4.69) is 15.9 Å². The van der Waals surface area contributed by atoms with Gasteiger partial charge in [-0.05, 0) is 24.6 Å². The summed E-state index contributed by atoms with van der Waals surface area (Å²) in [5.41, 5.74) is 1.07. The van der Waals surface area contributed by atoms with Gasteiger partial charge in [-0.3, -0.25) is 0 Å². The van der Waals surface area contributed by atoms with E-state index in [1.54, 1.807) is 7.11 Å². The van der Waals surface area contributed by atoms with Crippen LogP contribution in [0.1, 0.15) is 12.5 Å². The van der Waals surface area contributed by atoms with Gasteiger partial charge in [0.2, 0.25) is 0 Å². The van der Waals surface area contributed by atoms with Crippen LogP contribution in [0.2, 0.25) is 5.02 Å². The predicted molar refractivity (Wildman–Crippen MR) is 61.8 cm³/mol. The van der Waals surface area contributed by atoms with Crippen LogP contribution in [0.4, 0.5) is 0 Å². The fraction of sp³-hybridized carbons (Fsp3) is 0.400. The smallest absolute Gasteiger partial charge is 0.179 e. The van der Waals surface area contributed by atoms with Gasteiger partial charge in [0.05, 0.1) is 18.7 Å². The van der Waals surface area contributed by atoms with Gasteiger partial charge in [-0.15, -0.1) is 0 Å². The Morgan fingerprint density at radius 1 is 1.43 bits per heavy atom. The Kier molecular flexibility index (Phi) is 4.55. The number of hydrogen-bond donors (Lipinski definition) is 0. The molecular formula is C10H12BrClO2. The van der Waals surface area contributed by atoms with E-state index in [4.69, 9.17) is 21.1 Å². The Morgan fingerprint density at radius 2 is 2.14 bits per heavy atom. The maximum atomic E-state index is 6.05. The lowest BCUT2D eigenvalue weighted by Crippen LogP contribution is -1.97. The standard InChI is InChI=1S/C10H12BrClO2/c1-3-14-10-8(12)4-7(6-11)5-9(10)13-2/h4-5H,3,6H2,1-2H3. The van der Waals surface area contributed by atoms with Crippen molar-refractivity contribution in [3.8, 4) is 11.5 Å². The molecule has 0 aliphatic heterocycles. The highest BCUT2D eigenvalue weighted by molar-refractivity contribution is 9.08. The van der Waals surface area contributed by atoms with Crippen LogP contribution in [0.5, 0.6) is 11.5 Å². The van der Waals surface area contributed by atoms with Crippen molar-refractivity contribution < 1.29 is 9.47 Å². The number of hydrogen-bond acceptors (Lipinski definition) is 2. The van der Waals surface area contributed by atoms with E-state index < -0.39 is 0 Å². The molecule has 0 aliphatic rings. The average molecular weight is 280 g/mol. The second kappa shape index (κ2) is 5.47. The predicted octanol–water partition coefficient (Wildman–Crippen LogP) is 3.64.